The van der Waals surface area contributed by atoms with Crippen LogP contribution in [0.2, 0.25) is 0 Å². The lowest BCUT2D eigenvalue weighted by molar-refractivity contribution is -0.126. The van der Waals surface area contributed by atoms with Crippen molar-refractivity contribution in [3.63, 3.8) is 0 Å². The summed E-state index contributed by atoms with van der Waals surface area (Å²) in [6, 6.07) is 9.61. The van der Waals surface area contributed by atoms with E-state index in [-0.39, 0.29) is 16.4 Å². The Labute approximate surface area is 92.2 Å². The molecular formula is C11H11NO2S. The van der Waals surface area contributed by atoms with E-state index < -0.39 is 0 Å². The molecule has 1 heterocycles. The largest absolute Gasteiger partial charge is 0.343 e. The molecule has 1 aromatic carbocycles. The quantitative estimate of drug-likeness (QED) is 0.783. The van der Waals surface area contributed by atoms with E-state index in [4.69, 9.17) is 0 Å². The smallest absolute Gasteiger partial charge is 0.223 e. The fourth-order valence-electron chi connectivity index (χ4n) is 1.36. The summed E-state index contributed by atoms with van der Waals surface area (Å²) in [4.78, 5) is 22.1. The summed E-state index contributed by atoms with van der Waals surface area (Å²) in [5.41, 5.74) is 1.01. The number of thioether (sulfide) groups is 1. The van der Waals surface area contributed by atoms with Gasteiger partial charge >= 0.3 is 0 Å². The third kappa shape index (κ3) is 2.83. The molecule has 15 heavy (non-hydrogen) atoms. The van der Waals surface area contributed by atoms with Gasteiger partial charge in [0.25, 0.3) is 0 Å². The molecule has 4 heteroatoms. The molecule has 1 saturated heterocycles. The molecule has 3 nitrogen and oxygen atoms in total. The molecule has 0 spiro atoms. The normalized spacial score (nSPS) is 19.2. The van der Waals surface area contributed by atoms with Crippen molar-refractivity contribution in [2.75, 3.05) is 0 Å². The molecule has 0 aromatic heterocycles. The number of nitrogens with one attached hydrogen (secondary N) is 1. The molecule has 0 unspecified atom stereocenters. The van der Waals surface area contributed by atoms with Crippen LogP contribution in [0.5, 0.6) is 0 Å². The molecule has 1 aromatic rings. The second-order valence-corrected chi connectivity index (χ2v) is 4.67. The molecule has 0 aliphatic carbocycles. The lowest BCUT2D eigenvalue weighted by Gasteiger charge is -2.25. The average molecular weight is 221 g/mol. The van der Waals surface area contributed by atoms with Gasteiger partial charge in [-0.25, -0.2) is 0 Å². The first kappa shape index (κ1) is 10.2. The molecule has 0 saturated carbocycles. The van der Waals surface area contributed by atoms with Crippen molar-refractivity contribution in [2.45, 2.75) is 18.2 Å². The lowest BCUT2D eigenvalue weighted by atomic mass is 10.2. The minimum Gasteiger partial charge on any atom is -0.343 e. The van der Waals surface area contributed by atoms with Crippen LogP contribution in [0.25, 0.3) is 0 Å². The zero-order valence-electron chi connectivity index (χ0n) is 8.10. The molecule has 0 bridgehead atoms. The summed E-state index contributed by atoms with van der Waals surface area (Å²) in [6.07, 6.45) is 0.892. The van der Waals surface area contributed by atoms with Gasteiger partial charge in [-0.2, -0.15) is 0 Å². The van der Waals surface area contributed by atoms with Crippen LogP contribution in [0.4, 0.5) is 0 Å². The number of β-lactam (4-membered cyclic amide) rings is 1. The van der Waals surface area contributed by atoms with Gasteiger partial charge in [-0.05, 0) is 5.56 Å². The highest BCUT2D eigenvalue weighted by Crippen LogP contribution is 2.21. The van der Waals surface area contributed by atoms with E-state index >= 15 is 0 Å². The maximum Gasteiger partial charge on any atom is 0.223 e. The van der Waals surface area contributed by atoms with Crippen molar-refractivity contribution in [1.29, 1.82) is 0 Å². The molecular weight excluding hydrogens is 210 g/mol. The van der Waals surface area contributed by atoms with Crippen LogP contribution in [-0.4, -0.2) is 16.4 Å². The number of carbonyl (C=O) groups excluding carboxylic acids is 2. The summed E-state index contributed by atoms with van der Waals surface area (Å²) < 4.78 is 0. The van der Waals surface area contributed by atoms with Gasteiger partial charge < -0.3 is 5.32 Å². The fourth-order valence-corrected chi connectivity index (χ4v) is 2.35. The SMILES string of the molecule is O=C1C[C@H](SC(=O)Cc2ccccc2)N1. The first-order valence-electron chi connectivity index (χ1n) is 4.77. The Hall–Kier alpha value is -1.29. The summed E-state index contributed by atoms with van der Waals surface area (Å²) >= 11 is 1.21. The van der Waals surface area contributed by atoms with Crippen LogP contribution in [-0.2, 0) is 16.0 Å². The lowest BCUT2D eigenvalue weighted by Crippen LogP contribution is -2.46. The Morgan fingerprint density at radius 3 is 2.67 bits per heavy atom. The predicted octanol–water partition coefficient (Wildman–Crippen LogP) is 1.33. The van der Waals surface area contributed by atoms with E-state index in [1.807, 2.05) is 30.3 Å². The number of carbonyl (C=O) groups is 2. The maximum atomic E-state index is 11.5. The summed E-state index contributed by atoms with van der Waals surface area (Å²) in [5.74, 6) is 0.0278. The molecule has 1 aliphatic rings. The van der Waals surface area contributed by atoms with Crippen LogP contribution in [0.3, 0.4) is 0 Å². The molecule has 0 radical (unpaired) electrons. The Kier molecular flexibility index (Phi) is 3.06. The van der Waals surface area contributed by atoms with Crippen molar-refractivity contribution >= 4 is 22.8 Å². The van der Waals surface area contributed by atoms with E-state index in [2.05, 4.69) is 5.32 Å². The van der Waals surface area contributed by atoms with E-state index in [0.29, 0.717) is 12.8 Å². The Bertz CT molecular complexity index is 369. The van der Waals surface area contributed by atoms with Crippen molar-refractivity contribution in [1.82, 2.24) is 5.32 Å². The van der Waals surface area contributed by atoms with Crippen molar-refractivity contribution in [2.24, 2.45) is 0 Å². The number of amides is 1. The monoisotopic (exact) mass is 221 g/mol. The molecule has 1 aliphatic heterocycles. The molecule has 78 valence electrons. The highest BCUT2D eigenvalue weighted by molar-refractivity contribution is 8.14. The van der Waals surface area contributed by atoms with Gasteiger partial charge in [0.05, 0.1) is 11.8 Å². The number of benzene rings is 1. The summed E-state index contributed by atoms with van der Waals surface area (Å²) in [6.45, 7) is 0. The zero-order chi connectivity index (χ0) is 10.7. The highest BCUT2D eigenvalue weighted by Gasteiger charge is 2.27. The molecule has 1 atom stereocenters. The number of hydrogen-bond acceptors (Lipinski definition) is 3. The topological polar surface area (TPSA) is 46.2 Å². The molecule has 2 rings (SSSR count). The fraction of sp³-hybridized carbons (Fsp3) is 0.273. The van der Waals surface area contributed by atoms with Gasteiger partial charge in [0.1, 0.15) is 0 Å². The summed E-state index contributed by atoms with van der Waals surface area (Å²) in [7, 11) is 0. The van der Waals surface area contributed by atoms with E-state index in [0.717, 1.165) is 5.56 Å². The minimum atomic E-state index is -0.00582. The van der Waals surface area contributed by atoms with Crippen LogP contribution in [0, 0.1) is 0 Å². The first-order chi connectivity index (χ1) is 7.24. The first-order valence-corrected chi connectivity index (χ1v) is 5.65. The van der Waals surface area contributed by atoms with E-state index in [1.165, 1.54) is 11.8 Å². The van der Waals surface area contributed by atoms with Crippen LogP contribution in [0.1, 0.15) is 12.0 Å². The standard InChI is InChI=1S/C11H11NO2S/c13-9-7-10(12-9)15-11(14)6-8-4-2-1-3-5-8/h1-5,10H,6-7H2,(H,12,13)/t10-/m0/s1. The van der Waals surface area contributed by atoms with Gasteiger partial charge in [0.15, 0.2) is 5.12 Å². The number of hydrogen-bond donors (Lipinski definition) is 1. The van der Waals surface area contributed by atoms with Crippen molar-refractivity contribution < 1.29 is 9.59 Å². The second-order valence-electron chi connectivity index (χ2n) is 3.41. The van der Waals surface area contributed by atoms with Crippen LogP contribution >= 0.6 is 11.8 Å². The van der Waals surface area contributed by atoms with Gasteiger partial charge in [0, 0.05) is 6.42 Å². The zero-order valence-corrected chi connectivity index (χ0v) is 8.92. The molecule has 1 amide bonds. The van der Waals surface area contributed by atoms with Crippen LogP contribution < -0.4 is 5.32 Å². The molecule has 1 fully saturated rings. The maximum absolute atomic E-state index is 11.5. The highest BCUT2D eigenvalue weighted by atomic mass is 32.2. The third-order valence-corrected chi connectivity index (χ3v) is 3.13. The van der Waals surface area contributed by atoms with E-state index in [1.54, 1.807) is 0 Å². The predicted molar refractivity (Wildman–Crippen MR) is 59.3 cm³/mol. The summed E-state index contributed by atoms with van der Waals surface area (Å²) in [5, 5.41) is 2.76. The van der Waals surface area contributed by atoms with Gasteiger partial charge in [-0.3, -0.25) is 9.59 Å². The average Bonchev–Trinajstić information content (AvgIpc) is 2.17. The second kappa shape index (κ2) is 4.49. The Balaban J connectivity index is 1.80. The van der Waals surface area contributed by atoms with Gasteiger partial charge in [0.2, 0.25) is 5.91 Å². The van der Waals surface area contributed by atoms with Crippen molar-refractivity contribution in [3.05, 3.63) is 35.9 Å². The van der Waals surface area contributed by atoms with Gasteiger partial charge in [-0.1, -0.05) is 42.1 Å². The Morgan fingerprint density at radius 1 is 1.40 bits per heavy atom. The molecule has 1 N–H and O–H groups in total. The third-order valence-electron chi connectivity index (χ3n) is 2.16. The van der Waals surface area contributed by atoms with Gasteiger partial charge in [-0.15, -0.1) is 0 Å². The Morgan fingerprint density at radius 2 is 2.07 bits per heavy atom. The van der Waals surface area contributed by atoms with E-state index in [9.17, 15) is 9.59 Å². The number of rotatable bonds is 3. The van der Waals surface area contributed by atoms with Crippen molar-refractivity contribution in [3.8, 4) is 0 Å². The minimum absolute atomic E-state index is 0.00582. The van der Waals surface area contributed by atoms with Crippen LogP contribution in [0.15, 0.2) is 30.3 Å².